The standard InChI is InChI=1S/C20H17ClN2O2S2/c21-16-7-9-17(10-8-16)27-14-15-4-1-2-6-19(15)25-13-20(24)23-22-12-18-5-3-11-26-18/h1-12H,13-14H2,(H,23,24)/b22-12-. The SMILES string of the molecule is O=C(COc1ccccc1CSc1ccc(Cl)cc1)N/N=C\c1cccs1. The molecular formula is C20H17ClN2O2S2. The number of halogens is 1. The molecule has 0 aliphatic heterocycles. The predicted octanol–water partition coefficient (Wildman–Crippen LogP) is 5.22. The summed E-state index contributed by atoms with van der Waals surface area (Å²) in [5.74, 6) is 1.12. The number of thiophene rings is 1. The lowest BCUT2D eigenvalue weighted by atomic mass is 10.2. The van der Waals surface area contributed by atoms with Crippen molar-refractivity contribution in [1.82, 2.24) is 5.43 Å². The van der Waals surface area contributed by atoms with Gasteiger partial charge in [0.1, 0.15) is 5.75 Å². The Hall–Kier alpha value is -2.28. The van der Waals surface area contributed by atoms with Gasteiger partial charge in [0.15, 0.2) is 6.61 Å². The number of hydrogen-bond donors (Lipinski definition) is 1. The number of nitrogens with one attached hydrogen (secondary N) is 1. The van der Waals surface area contributed by atoms with Crippen LogP contribution in [0.5, 0.6) is 5.75 Å². The molecule has 0 atom stereocenters. The number of benzene rings is 2. The van der Waals surface area contributed by atoms with E-state index in [-0.39, 0.29) is 12.5 Å². The fourth-order valence-corrected chi connectivity index (χ4v) is 3.76. The molecule has 138 valence electrons. The maximum absolute atomic E-state index is 11.9. The van der Waals surface area contributed by atoms with E-state index in [9.17, 15) is 4.79 Å². The largest absolute Gasteiger partial charge is 0.483 e. The summed E-state index contributed by atoms with van der Waals surface area (Å²) in [5, 5.41) is 6.59. The Morgan fingerprint density at radius 1 is 1.15 bits per heavy atom. The Kier molecular flexibility index (Phi) is 7.33. The number of hydrogen-bond acceptors (Lipinski definition) is 5. The number of thioether (sulfide) groups is 1. The molecule has 0 aliphatic carbocycles. The van der Waals surface area contributed by atoms with Crippen LogP contribution in [0.3, 0.4) is 0 Å². The lowest BCUT2D eigenvalue weighted by Crippen LogP contribution is -2.24. The first-order valence-electron chi connectivity index (χ1n) is 8.15. The molecule has 27 heavy (non-hydrogen) atoms. The third-order valence-corrected chi connectivity index (χ3v) is 5.58. The first kappa shape index (κ1) is 19.5. The molecule has 1 N–H and O–H groups in total. The van der Waals surface area contributed by atoms with Crippen LogP contribution in [0.4, 0.5) is 0 Å². The average Bonchev–Trinajstić information content (AvgIpc) is 3.20. The van der Waals surface area contributed by atoms with Gasteiger partial charge in [-0.15, -0.1) is 23.1 Å². The van der Waals surface area contributed by atoms with Gasteiger partial charge in [0.05, 0.1) is 6.21 Å². The Morgan fingerprint density at radius 3 is 2.74 bits per heavy atom. The van der Waals surface area contributed by atoms with Crippen LogP contribution in [0.1, 0.15) is 10.4 Å². The third kappa shape index (κ3) is 6.43. The summed E-state index contributed by atoms with van der Waals surface area (Å²) < 4.78 is 5.68. The van der Waals surface area contributed by atoms with Crippen molar-refractivity contribution in [2.24, 2.45) is 5.10 Å². The van der Waals surface area contributed by atoms with E-state index < -0.39 is 0 Å². The molecule has 0 bridgehead atoms. The molecule has 0 unspecified atom stereocenters. The van der Waals surface area contributed by atoms with Crippen molar-refractivity contribution in [3.63, 3.8) is 0 Å². The highest BCUT2D eigenvalue weighted by Crippen LogP contribution is 2.28. The molecule has 7 heteroatoms. The van der Waals surface area contributed by atoms with Crippen LogP contribution in [-0.4, -0.2) is 18.7 Å². The van der Waals surface area contributed by atoms with Gasteiger partial charge in [-0.1, -0.05) is 35.9 Å². The Morgan fingerprint density at radius 2 is 1.96 bits per heavy atom. The summed E-state index contributed by atoms with van der Waals surface area (Å²) >= 11 is 9.14. The van der Waals surface area contributed by atoms with Gasteiger partial charge in [0, 0.05) is 26.1 Å². The van der Waals surface area contributed by atoms with E-state index >= 15 is 0 Å². The summed E-state index contributed by atoms with van der Waals surface area (Å²) in [6.07, 6.45) is 1.61. The first-order valence-corrected chi connectivity index (χ1v) is 10.4. The number of carbonyl (C=O) groups excluding carboxylic acids is 1. The number of para-hydroxylation sites is 1. The molecular weight excluding hydrogens is 400 g/mol. The van der Waals surface area contributed by atoms with Gasteiger partial charge in [-0.25, -0.2) is 5.43 Å². The quantitative estimate of drug-likeness (QED) is 0.311. The van der Waals surface area contributed by atoms with Crippen LogP contribution in [0.25, 0.3) is 0 Å². The molecule has 0 saturated heterocycles. The fraction of sp³-hybridized carbons (Fsp3) is 0.100. The van der Waals surface area contributed by atoms with E-state index in [2.05, 4.69) is 10.5 Å². The summed E-state index contributed by atoms with van der Waals surface area (Å²) in [6, 6.07) is 19.2. The van der Waals surface area contributed by atoms with Crippen LogP contribution in [0, 0.1) is 0 Å². The van der Waals surface area contributed by atoms with Gasteiger partial charge in [-0.2, -0.15) is 5.10 Å². The molecule has 1 amide bonds. The van der Waals surface area contributed by atoms with E-state index in [1.54, 1.807) is 29.3 Å². The van der Waals surface area contributed by atoms with Crippen molar-refractivity contribution < 1.29 is 9.53 Å². The predicted molar refractivity (Wildman–Crippen MR) is 113 cm³/mol. The zero-order valence-electron chi connectivity index (χ0n) is 14.3. The molecule has 1 aromatic heterocycles. The molecule has 0 aliphatic rings. The number of hydrazone groups is 1. The highest BCUT2D eigenvalue weighted by molar-refractivity contribution is 7.98. The van der Waals surface area contributed by atoms with Crippen molar-refractivity contribution in [3.8, 4) is 5.75 Å². The number of amides is 1. The lowest BCUT2D eigenvalue weighted by Gasteiger charge is -2.10. The summed E-state index contributed by atoms with van der Waals surface area (Å²) in [4.78, 5) is 14.0. The highest BCUT2D eigenvalue weighted by Gasteiger charge is 2.07. The van der Waals surface area contributed by atoms with E-state index in [0.717, 1.165) is 26.1 Å². The zero-order valence-corrected chi connectivity index (χ0v) is 16.7. The Bertz CT molecular complexity index is 897. The van der Waals surface area contributed by atoms with E-state index in [1.165, 1.54) is 0 Å². The molecule has 0 spiro atoms. The van der Waals surface area contributed by atoms with Crippen molar-refractivity contribution in [1.29, 1.82) is 0 Å². The minimum absolute atomic E-state index is 0.0929. The Labute approximate surface area is 171 Å². The van der Waals surface area contributed by atoms with Crippen LogP contribution < -0.4 is 10.2 Å². The van der Waals surface area contributed by atoms with E-state index in [4.69, 9.17) is 16.3 Å². The second-order valence-corrected chi connectivity index (χ2v) is 7.91. The van der Waals surface area contributed by atoms with Crippen LogP contribution in [-0.2, 0) is 10.5 Å². The molecule has 2 aromatic carbocycles. The minimum Gasteiger partial charge on any atom is -0.483 e. The van der Waals surface area contributed by atoms with E-state index in [1.807, 2.05) is 66.0 Å². The lowest BCUT2D eigenvalue weighted by molar-refractivity contribution is -0.123. The highest BCUT2D eigenvalue weighted by atomic mass is 35.5. The molecule has 0 radical (unpaired) electrons. The number of carbonyl (C=O) groups is 1. The second kappa shape index (κ2) is 10.2. The molecule has 1 heterocycles. The van der Waals surface area contributed by atoms with Gasteiger partial charge in [0.25, 0.3) is 5.91 Å². The van der Waals surface area contributed by atoms with Crippen LogP contribution >= 0.6 is 34.7 Å². The van der Waals surface area contributed by atoms with Gasteiger partial charge in [-0.05, 0) is 41.8 Å². The number of ether oxygens (including phenoxy) is 1. The van der Waals surface area contributed by atoms with Crippen LogP contribution in [0.2, 0.25) is 5.02 Å². The fourth-order valence-electron chi connectivity index (χ4n) is 2.16. The van der Waals surface area contributed by atoms with Gasteiger partial charge in [-0.3, -0.25) is 4.79 Å². The molecule has 3 rings (SSSR count). The molecule has 0 fully saturated rings. The second-order valence-electron chi connectivity index (χ2n) is 5.45. The minimum atomic E-state index is -0.303. The van der Waals surface area contributed by atoms with Crippen molar-refractivity contribution >= 4 is 46.8 Å². The topological polar surface area (TPSA) is 50.7 Å². The number of nitrogens with zero attached hydrogens (tertiary/aromatic N) is 1. The molecule has 4 nitrogen and oxygen atoms in total. The van der Waals surface area contributed by atoms with Crippen molar-refractivity contribution in [3.05, 3.63) is 81.5 Å². The Balaban J connectivity index is 1.51. The van der Waals surface area contributed by atoms with Gasteiger partial charge in [0.2, 0.25) is 0 Å². The third-order valence-electron chi connectivity index (χ3n) is 3.46. The summed E-state index contributed by atoms with van der Waals surface area (Å²) in [6.45, 7) is -0.0929. The summed E-state index contributed by atoms with van der Waals surface area (Å²) in [7, 11) is 0. The maximum Gasteiger partial charge on any atom is 0.277 e. The van der Waals surface area contributed by atoms with E-state index in [0.29, 0.717) is 5.75 Å². The van der Waals surface area contributed by atoms with Gasteiger partial charge < -0.3 is 4.74 Å². The smallest absolute Gasteiger partial charge is 0.277 e. The van der Waals surface area contributed by atoms with Crippen molar-refractivity contribution in [2.75, 3.05) is 6.61 Å². The molecule has 3 aromatic rings. The first-order chi connectivity index (χ1) is 13.2. The summed E-state index contributed by atoms with van der Waals surface area (Å²) in [5.41, 5.74) is 3.49. The van der Waals surface area contributed by atoms with Crippen molar-refractivity contribution in [2.45, 2.75) is 10.6 Å². The normalized spacial score (nSPS) is 10.9. The molecule has 0 saturated carbocycles. The zero-order chi connectivity index (χ0) is 18.9. The monoisotopic (exact) mass is 416 g/mol. The maximum atomic E-state index is 11.9. The average molecular weight is 417 g/mol. The van der Waals surface area contributed by atoms with Crippen LogP contribution in [0.15, 0.2) is 76.0 Å². The number of rotatable bonds is 8. The van der Waals surface area contributed by atoms with Gasteiger partial charge >= 0.3 is 0 Å².